The number of anilines is 1. The lowest BCUT2D eigenvalue weighted by molar-refractivity contribution is -0.139. The van der Waals surface area contributed by atoms with Crippen LogP contribution in [-0.4, -0.2) is 24.8 Å². The molecule has 0 heterocycles. The van der Waals surface area contributed by atoms with Crippen LogP contribution < -0.4 is 15.2 Å². The van der Waals surface area contributed by atoms with Gasteiger partial charge in [-0.05, 0) is 6.07 Å². The minimum absolute atomic E-state index is 0.227. The van der Waals surface area contributed by atoms with Crippen molar-refractivity contribution < 1.29 is 19.4 Å². The Morgan fingerprint density at radius 1 is 1.53 bits per heavy atom. The zero-order valence-corrected chi connectivity index (χ0v) is 8.75. The SMILES string of the molecule is COc1cc(OCC(=O)O)c(Cl)cc1N. The summed E-state index contributed by atoms with van der Waals surface area (Å²) >= 11 is 5.79. The summed E-state index contributed by atoms with van der Waals surface area (Å²) in [7, 11) is 1.45. The summed E-state index contributed by atoms with van der Waals surface area (Å²) in [6.45, 7) is -0.465. The fraction of sp³-hybridized carbons (Fsp3) is 0.222. The van der Waals surface area contributed by atoms with Gasteiger partial charge >= 0.3 is 5.97 Å². The maximum absolute atomic E-state index is 10.3. The van der Waals surface area contributed by atoms with Crippen molar-refractivity contribution in [3.05, 3.63) is 17.2 Å². The zero-order valence-electron chi connectivity index (χ0n) is 7.99. The van der Waals surface area contributed by atoms with Gasteiger partial charge in [-0.2, -0.15) is 0 Å². The standard InChI is InChI=1S/C9H10ClNO4/c1-14-8-3-7(15-4-9(12)13)5(10)2-6(8)11/h2-3H,4,11H2,1H3,(H,12,13). The van der Waals surface area contributed by atoms with Gasteiger partial charge in [0.05, 0.1) is 17.8 Å². The predicted octanol–water partition coefficient (Wildman–Crippen LogP) is 1.39. The smallest absolute Gasteiger partial charge is 0.341 e. The van der Waals surface area contributed by atoms with E-state index < -0.39 is 12.6 Å². The normalized spacial score (nSPS) is 9.73. The number of carboxylic acid groups (broad SMARTS) is 1. The summed E-state index contributed by atoms with van der Waals surface area (Å²) in [5, 5.41) is 8.67. The van der Waals surface area contributed by atoms with E-state index in [0.717, 1.165) is 0 Å². The van der Waals surface area contributed by atoms with Gasteiger partial charge in [0.25, 0.3) is 0 Å². The largest absolute Gasteiger partial charge is 0.494 e. The van der Waals surface area contributed by atoms with Crippen molar-refractivity contribution in [3.8, 4) is 11.5 Å². The van der Waals surface area contributed by atoms with Crippen LogP contribution in [0.5, 0.6) is 11.5 Å². The Morgan fingerprint density at radius 3 is 2.73 bits per heavy atom. The molecule has 15 heavy (non-hydrogen) atoms. The fourth-order valence-corrected chi connectivity index (χ4v) is 1.20. The van der Waals surface area contributed by atoms with Gasteiger partial charge in [0.15, 0.2) is 6.61 Å². The van der Waals surface area contributed by atoms with Gasteiger partial charge < -0.3 is 20.3 Å². The summed E-state index contributed by atoms with van der Waals surface area (Å²) < 4.78 is 9.87. The third kappa shape index (κ3) is 2.92. The van der Waals surface area contributed by atoms with Crippen LogP contribution in [0.1, 0.15) is 0 Å². The first-order valence-corrected chi connectivity index (χ1v) is 4.40. The van der Waals surface area contributed by atoms with Gasteiger partial charge in [-0.25, -0.2) is 4.79 Å². The molecule has 0 spiro atoms. The highest BCUT2D eigenvalue weighted by atomic mass is 35.5. The minimum atomic E-state index is -1.08. The molecule has 0 aliphatic heterocycles. The topological polar surface area (TPSA) is 81.8 Å². The van der Waals surface area contributed by atoms with Gasteiger partial charge in [-0.1, -0.05) is 11.6 Å². The van der Waals surface area contributed by atoms with Gasteiger partial charge in [0.2, 0.25) is 0 Å². The molecule has 0 aliphatic rings. The van der Waals surface area contributed by atoms with E-state index in [1.165, 1.54) is 19.2 Å². The molecule has 3 N–H and O–H groups in total. The number of benzene rings is 1. The lowest BCUT2D eigenvalue weighted by atomic mass is 10.3. The Labute approximate surface area is 91.4 Å². The first-order valence-electron chi connectivity index (χ1n) is 4.02. The second-order valence-electron chi connectivity index (χ2n) is 2.71. The van der Waals surface area contributed by atoms with E-state index in [-0.39, 0.29) is 10.8 Å². The molecule has 0 aliphatic carbocycles. The summed E-state index contributed by atoms with van der Waals surface area (Å²) in [4.78, 5) is 10.3. The van der Waals surface area contributed by atoms with E-state index >= 15 is 0 Å². The number of halogens is 1. The second-order valence-corrected chi connectivity index (χ2v) is 3.11. The third-order valence-electron chi connectivity index (χ3n) is 1.64. The van der Waals surface area contributed by atoms with Gasteiger partial charge in [-0.3, -0.25) is 0 Å². The highest BCUT2D eigenvalue weighted by Crippen LogP contribution is 2.34. The molecule has 0 bridgehead atoms. The van der Waals surface area contributed by atoms with Crippen LogP contribution in [0.25, 0.3) is 0 Å². The Bertz CT molecular complexity index is 381. The van der Waals surface area contributed by atoms with E-state index in [9.17, 15) is 4.79 Å². The molecule has 0 aromatic heterocycles. The summed E-state index contributed by atoms with van der Waals surface area (Å²) in [5.41, 5.74) is 5.94. The average Bonchev–Trinajstić information content (AvgIpc) is 2.16. The Hall–Kier alpha value is -1.62. The lowest BCUT2D eigenvalue weighted by Gasteiger charge is -2.09. The van der Waals surface area contributed by atoms with Crippen LogP contribution >= 0.6 is 11.6 Å². The van der Waals surface area contributed by atoms with Gasteiger partial charge in [0, 0.05) is 6.07 Å². The molecular formula is C9H10ClNO4. The highest BCUT2D eigenvalue weighted by molar-refractivity contribution is 6.32. The number of rotatable bonds is 4. The molecule has 5 nitrogen and oxygen atoms in total. The maximum Gasteiger partial charge on any atom is 0.341 e. The Morgan fingerprint density at radius 2 is 2.20 bits per heavy atom. The molecular weight excluding hydrogens is 222 g/mol. The molecule has 0 amide bonds. The predicted molar refractivity (Wildman–Crippen MR) is 55.5 cm³/mol. The molecule has 1 aromatic rings. The van der Waals surface area contributed by atoms with Gasteiger partial charge in [-0.15, -0.1) is 0 Å². The molecule has 1 aromatic carbocycles. The number of carboxylic acids is 1. The monoisotopic (exact) mass is 231 g/mol. The molecule has 1 rings (SSSR count). The van der Waals surface area contributed by atoms with Crippen LogP contribution in [0, 0.1) is 0 Å². The molecule has 0 fully saturated rings. The lowest BCUT2D eigenvalue weighted by Crippen LogP contribution is -2.09. The maximum atomic E-state index is 10.3. The number of carbonyl (C=O) groups is 1. The molecule has 0 saturated carbocycles. The summed E-state index contributed by atoms with van der Waals surface area (Å²) in [6, 6.07) is 2.89. The number of aliphatic carboxylic acids is 1. The minimum Gasteiger partial charge on any atom is -0.494 e. The number of hydrogen-bond donors (Lipinski definition) is 2. The van der Waals surface area contributed by atoms with Crippen LogP contribution in [-0.2, 0) is 4.79 Å². The highest BCUT2D eigenvalue weighted by Gasteiger charge is 2.09. The molecule has 0 radical (unpaired) electrons. The molecule has 6 heteroatoms. The van der Waals surface area contributed by atoms with Crippen molar-refractivity contribution in [2.45, 2.75) is 0 Å². The van der Waals surface area contributed by atoms with Crippen LogP contribution in [0.2, 0.25) is 5.02 Å². The Kier molecular flexibility index (Phi) is 3.62. The van der Waals surface area contributed by atoms with Crippen molar-refractivity contribution in [2.24, 2.45) is 0 Å². The van der Waals surface area contributed by atoms with E-state index in [2.05, 4.69) is 0 Å². The zero-order chi connectivity index (χ0) is 11.4. The number of nitrogens with two attached hydrogens (primary N) is 1. The molecule has 82 valence electrons. The van der Waals surface area contributed by atoms with Gasteiger partial charge in [0.1, 0.15) is 11.5 Å². The quantitative estimate of drug-likeness (QED) is 0.766. The van der Waals surface area contributed by atoms with Crippen molar-refractivity contribution >= 4 is 23.3 Å². The number of nitrogen functional groups attached to an aromatic ring is 1. The number of hydrogen-bond acceptors (Lipinski definition) is 4. The summed E-state index contributed by atoms with van der Waals surface area (Å²) in [6.07, 6.45) is 0. The van der Waals surface area contributed by atoms with Crippen molar-refractivity contribution in [2.75, 3.05) is 19.5 Å². The first kappa shape index (κ1) is 11.5. The van der Waals surface area contributed by atoms with E-state index in [0.29, 0.717) is 11.4 Å². The number of methoxy groups -OCH3 is 1. The fourth-order valence-electron chi connectivity index (χ4n) is 0.977. The van der Waals surface area contributed by atoms with Crippen LogP contribution in [0.4, 0.5) is 5.69 Å². The molecule has 0 atom stereocenters. The third-order valence-corrected chi connectivity index (χ3v) is 1.93. The van der Waals surface area contributed by atoms with E-state index in [1.54, 1.807) is 0 Å². The second kappa shape index (κ2) is 4.75. The molecule has 0 unspecified atom stereocenters. The van der Waals surface area contributed by atoms with Crippen LogP contribution in [0.3, 0.4) is 0 Å². The van der Waals surface area contributed by atoms with Crippen molar-refractivity contribution in [1.29, 1.82) is 0 Å². The van der Waals surface area contributed by atoms with E-state index in [4.69, 9.17) is 31.9 Å². The molecule has 0 saturated heterocycles. The first-order chi connectivity index (χ1) is 7.04. The van der Waals surface area contributed by atoms with Crippen molar-refractivity contribution in [1.82, 2.24) is 0 Å². The Balaban J connectivity index is 2.92. The van der Waals surface area contributed by atoms with Crippen molar-refractivity contribution in [3.63, 3.8) is 0 Å². The summed E-state index contributed by atoms with van der Waals surface area (Å²) in [5.74, 6) is -0.466. The van der Waals surface area contributed by atoms with Crippen LogP contribution in [0.15, 0.2) is 12.1 Å². The average molecular weight is 232 g/mol. The number of ether oxygens (including phenoxy) is 2. The van der Waals surface area contributed by atoms with E-state index in [1.807, 2.05) is 0 Å².